The van der Waals surface area contributed by atoms with Crippen LogP contribution in [-0.2, 0) is 0 Å². The van der Waals surface area contributed by atoms with Crippen molar-refractivity contribution in [2.75, 3.05) is 11.9 Å². The molecule has 0 bridgehead atoms. The molecule has 5 heteroatoms. The zero-order chi connectivity index (χ0) is 11.7. The second-order valence-electron chi connectivity index (χ2n) is 3.48. The number of hydrogen-bond acceptors (Lipinski definition) is 4. The van der Waals surface area contributed by atoms with Gasteiger partial charge in [-0.05, 0) is 26.0 Å². The summed E-state index contributed by atoms with van der Waals surface area (Å²) in [5.74, 6) is 0.145. The Labute approximate surface area is 97.5 Å². The van der Waals surface area contributed by atoms with Crippen molar-refractivity contribution in [1.29, 1.82) is 0 Å². The molecule has 0 fully saturated rings. The molecule has 16 heavy (non-hydrogen) atoms. The Morgan fingerprint density at radius 1 is 1.50 bits per heavy atom. The van der Waals surface area contributed by atoms with Crippen molar-refractivity contribution in [3.63, 3.8) is 0 Å². The topological polar surface area (TPSA) is 46.3 Å². The molecule has 4 nitrogen and oxygen atoms in total. The van der Waals surface area contributed by atoms with Gasteiger partial charge in [-0.3, -0.25) is 9.69 Å². The van der Waals surface area contributed by atoms with E-state index in [-0.39, 0.29) is 5.91 Å². The second-order valence-corrected chi connectivity index (χ2v) is 4.66. The summed E-state index contributed by atoms with van der Waals surface area (Å²) in [5.41, 5.74) is 0.957. The first-order valence-electron chi connectivity index (χ1n) is 4.85. The van der Waals surface area contributed by atoms with E-state index in [1.165, 1.54) is 22.5 Å². The van der Waals surface area contributed by atoms with E-state index in [0.29, 0.717) is 10.9 Å². The summed E-state index contributed by atoms with van der Waals surface area (Å²) in [6, 6.07) is 3.34. The van der Waals surface area contributed by atoms with Crippen molar-refractivity contribution in [2.45, 2.75) is 13.8 Å². The third kappa shape index (κ3) is 1.86. The van der Waals surface area contributed by atoms with Gasteiger partial charge >= 0.3 is 0 Å². The maximum absolute atomic E-state index is 11.9. The van der Waals surface area contributed by atoms with Crippen LogP contribution in [0.5, 0.6) is 0 Å². The molecule has 0 N–H and O–H groups in total. The number of hydrogen-bond donors (Lipinski definition) is 0. The summed E-state index contributed by atoms with van der Waals surface area (Å²) in [6.07, 6.45) is 1.49. The zero-order valence-corrected chi connectivity index (χ0v) is 10.2. The molecule has 0 atom stereocenters. The van der Waals surface area contributed by atoms with Crippen LogP contribution >= 0.6 is 11.3 Å². The quantitative estimate of drug-likeness (QED) is 0.805. The summed E-state index contributed by atoms with van der Waals surface area (Å²) in [6.45, 7) is 3.92. The lowest BCUT2D eigenvalue weighted by molar-refractivity contribution is 0.0966. The van der Waals surface area contributed by atoms with Crippen LogP contribution in [0.4, 0.5) is 5.13 Å². The lowest BCUT2D eigenvalue weighted by Crippen LogP contribution is -2.25. The van der Waals surface area contributed by atoms with E-state index < -0.39 is 0 Å². The number of carbonyl (C=O) groups is 1. The van der Waals surface area contributed by atoms with Gasteiger partial charge in [0.1, 0.15) is 0 Å². The molecule has 0 aromatic carbocycles. The van der Waals surface area contributed by atoms with Gasteiger partial charge in [0, 0.05) is 11.9 Å². The van der Waals surface area contributed by atoms with Crippen molar-refractivity contribution in [3.8, 4) is 0 Å². The molecular formula is C11H12N2O2S. The molecule has 2 aromatic rings. The minimum absolute atomic E-state index is 0.182. The SMILES string of the molecule is Cc1nc(N(C)C(=O)c2ccco2)sc1C. The van der Waals surface area contributed by atoms with Crippen LogP contribution < -0.4 is 4.90 Å². The van der Waals surface area contributed by atoms with E-state index in [4.69, 9.17) is 4.42 Å². The first-order valence-corrected chi connectivity index (χ1v) is 5.67. The number of thiazole rings is 1. The minimum atomic E-state index is -0.182. The molecule has 0 aliphatic heterocycles. The van der Waals surface area contributed by atoms with Crippen LogP contribution in [0.2, 0.25) is 0 Å². The highest BCUT2D eigenvalue weighted by Crippen LogP contribution is 2.25. The molecule has 0 radical (unpaired) electrons. The number of nitrogens with zero attached hydrogens (tertiary/aromatic N) is 2. The third-order valence-corrected chi connectivity index (χ3v) is 3.49. The lowest BCUT2D eigenvalue weighted by atomic mass is 10.4. The highest BCUT2D eigenvalue weighted by atomic mass is 32.1. The maximum atomic E-state index is 11.9. The van der Waals surface area contributed by atoms with Crippen molar-refractivity contribution >= 4 is 22.4 Å². The molecule has 0 spiro atoms. The van der Waals surface area contributed by atoms with Crippen LogP contribution in [-0.4, -0.2) is 17.9 Å². The number of amides is 1. The summed E-state index contributed by atoms with van der Waals surface area (Å²) in [5, 5.41) is 0.691. The number of rotatable bonds is 2. The number of aromatic nitrogens is 1. The van der Waals surface area contributed by atoms with Gasteiger partial charge in [0.05, 0.1) is 12.0 Å². The largest absolute Gasteiger partial charge is 0.459 e. The van der Waals surface area contributed by atoms with E-state index >= 15 is 0 Å². The number of furan rings is 1. The highest BCUT2D eigenvalue weighted by molar-refractivity contribution is 7.15. The van der Waals surface area contributed by atoms with Gasteiger partial charge in [-0.15, -0.1) is 11.3 Å². The smallest absolute Gasteiger partial charge is 0.295 e. The highest BCUT2D eigenvalue weighted by Gasteiger charge is 2.19. The lowest BCUT2D eigenvalue weighted by Gasteiger charge is -2.11. The fourth-order valence-corrected chi connectivity index (χ4v) is 2.12. The predicted octanol–water partition coefficient (Wildman–Crippen LogP) is 2.63. The molecule has 0 aliphatic rings. The summed E-state index contributed by atoms with van der Waals surface area (Å²) in [4.78, 5) is 18.9. The van der Waals surface area contributed by atoms with Gasteiger partial charge in [-0.2, -0.15) is 0 Å². The molecule has 0 saturated carbocycles. The molecule has 2 aromatic heterocycles. The van der Waals surface area contributed by atoms with Gasteiger partial charge < -0.3 is 4.42 Å². The fourth-order valence-electron chi connectivity index (χ4n) is 1.25. The Morgan fingerprint density at radius 2 is 2.25 bits per heavy atom. The number of carbonyl (C=O) groups excluding carboxylic acids is 1. The molecule has 0 aliphatic carbocycles. The molecule has 0 unspecified atom stereocenters. The third-order valence-electron chi connectivity index (χ3n) is 2.34. The maximum Gasteiger partial charge on any atom is 0.295 e. The van der Waals surface area contributed by atoms with Crippen LogP contribution in [0.15, 0.2) is 22.8 Å². The average Bonchev–Trinajstić information content (AvgIpc) is 2.87. The van der Waals surface area contributed by atoms with Crippen LogP contribution in [0.1, 0.15) is 21.1 Å². The zero-order valence-electron chi connectivity index (χ0n) is 9.35. The molecule has 84 valence electrons. The minimum Gasteiger partial charge on any atom is -0.459 e. The Balaban J connectivity index is 2.25. The second kappa shape index (κ2) is 4.09. The van der Waals surface area contributed by atoms with Gasteiger partial charge in [0.2, 0.25) is 0 Å². The van der Waals surface area contributed by atoms with Crippen LogP contribution in [0, 0.1) is 13.8 Å². The monoisotopic (exact) mass is 236 g/mol. The van der Waals surface area contributed by atoms with E-state index in [2.05, 4.69) is 4.98 Å². The van der Waals surface area contributed by atoms with Crippen molar-refractivity contribution in [2.24, 2.45) is 0 Å². The van der Waals surface area contributed by atoms with Crippen molar-refractivity contribution in [1.82, 2.24) is 4.98 Å². The molecular weight excluding hydrogens is 224 g/mol. The van der Waals surface area contributed by atoms with Gasteiger partial charge in [0.15, 0.2) is 10.9 Å². The Morgan fingerprint density at radius 3 is 2.75 bits per heavy atom. The van der Waals surface area contributed by atoms with Gasteiger partial charge in [-0.1, -0.05) is 0 Å². The predicted molar refractivity (Wildman–Crippen MR) is 63.0 cm³/mol. The summed E-state index contributed by atoms with van der Waals surface area (Å²) >= 11 is 1.50. The Hall–Kier alpha value is -1.62. The molecule has 0 saturated heterocycles. The first kappa shape index (κ1) is 10.9. The molecule has 1 amide bonds. The van der Waals surface area contributed by atoms with E-state index in [1.54, 1.807) is 19.2 Å². The van der Waals surface area contributed by atoms with E-state index in [9.17, 15) is 4.79 Å². The Kier molecular flexibility index (Phi) is 2.78. The molecule has 2 rings (SSSR count). The normalized spacial score (nSPS) is 10.4. The summed E-state index contributed by atoms with van der Waals surface area (Å²) < 4.78 is 5.06. The van der Waals surface area contributed by atoms with Crippen LogP contribution in [0.3, 0.4) is 0 Å². The van der Waals surface area contributed by atoms with Gasteiger partial charge in [-0.25, -0.2) is 4.98 Å². The number of anilines is 1. The first-order chi connectivity index (χ1) is 7.59. The van der Waals surface area contributed by atoms with Crippen LogP contribution in [0.25, 0.3) is 0 Å². The number of aryl methyl sites for hydroxylation is 2. The summed E-state index contributed by atoms with van der Waals surface area (Å²) in [7, 11) is 1.70. The van der Waals surface area contributed by atoms with E-state index in [0.717, 1.165) is 10.6 Å². The Bertz CT molecular complexity index is 483. The fraction of sp³-hybridized carbons (Fsp3) is 0.273. The molecule has 2 heterocycles. The van der Waals surface area contributed by atoms with Gasteiger partial charge in [0.25, 0.3) is 5.91 Å². The average molecular weight is 236 g/mol. The van der Waals surface area contributed by atoms with Crippen molar-refractivity contribution < 1.29 is 9.21 Å². The standard InChI is InChI=1S/C11H12N2O2S/c1-7-8(2)16-11(12-7)13(3)10(14)9-5-4-6-15-9/h4-6H,1-3H3. The van der Waals surface area contributed by atoms with E-state index in [1.807, 2.05) is 13.8 Å². The van der Waals surface area contributed by atoms with Crippen molar-refractivity contribution in [3.05, 3.63) is 34.7 Å².